The maximum atomic E-state index is 9.66. The van der Waals surface area contributed by atoms with Crippen molar-refractivity contribution in [3.8, 4) is 17.6 Å². The van der Waals surface area contributed by atoms with Gasteiger partial charge in [0.05, 0.1) is 25.4 Å². The molecular formula is C19H17N3O2S. The number of benzene rings is 2. The van der Waals surface area contributed by atoms with Gasteiger partial charge in [-0.05, 0) is 24.5 Å². The van der Waals surface area contributed by atoms with Crippen molar-refractivity contribution >= 4 is 34.0 Å². The van der Waals surface area contributed by atoms with Gasteiger partial charge in [-0.1, -0.05) is 18.2 Å². The van der Waals surface area contributed by atoms with Crippen LogP contribution >= 0.6 is 11.8 Å². The van der Waals surface area contributed by atoms with Crippen molar-refractivity contribution in [3.63, 3.8) is 0 Å². The highest BCUT2D eigenvalue weighted by molar-refractivity contribution is 7.98. The van der Waals surface area contributed by atoms with Gasteiger partial charge in [-0.15, -0.1) is 11.8 Å². The first-order valence-corrected chi connectivity index (χ1v) is 8.80. The highest BCUT2D eigenvalue weighted by Gasteiger charge is 2.15. The van der Waals surface area contributed by atoms with Gasteiger partial charge in [-0.25, -0.2) is 4.98 Å². The molecule has 3 rings (SSSR count). The Kier molecular flexibility index (Phi) is 4.96. The van der Waals surface area contributed by atoms with Crippen molar-refractivity contribution in [1.29, 1.82) is 5.26 Å². The predicted molar refractivity (Wildman–Crippen MR) is 101 cm³/mol. The Bertz CT molecular complexity index is 967. The SMILES string of the molecule is COc1ccc(Nc2c(C#N)c(SC)nc3ccccc23)cc1OC. The van der Waals surface area contributed by atoms with Crippen LogP contribution in [0, 0.1) is 11.3 Å². The highest BCUT2D eigenvalue weighted by atomic mass is 32.2. The molecule has 25 heavy (non-hydrogen) atoms. The second kappa shape index (κ2) is 7.32. The van der Waals surface area contributed by atoms with E-state index in [0.717, 1.165) is 22.3 Å². The lowest BCUT2D eigenvalue weighted by Crippen LogP contribution is -2.00. The maximum absolute atomic E-state index is 9.66. The third-order valence-corrected chi connectivity index (χ3v) is 4.50. The van der Waals surface area contributed by atoms with Crippen molar-refractivity contribution in [2.45, 2.75) is 5.03 Å². The van der Waals surface area contributed by atoms with Crippen LogP contribution in [-0.4, -0.2) is 25.5 Å². The van der Waals surface area contributed by atoms with Crippen LogP contribution in [-0.2, 0) is 0 Å². The van der Waals surface area contributed by atoms with Crippen LogP contribution in [0.4, 0.5) is 11.4 Å². The Morgan fingerprint density at radius 1 is 1.08 bits per heavy atom. The zero-order valence-electron chi connectivity index (χ0n) is 14.2. The summed E-state index contributed by atoms with van der Waals surface area (Å²) in [5, 5.41) is 14.6. The second-order valence-electron chi connectivity index (χ2n) is 5.19. The van der Waals surface area contributed by atoms with Crippen molar-refractivity contribution in [3.05, 3.63) is 48.0 Å². The van der Waals surface area contributed by atoms with Crippen LogP contribution in [0.2, 0.25) is 0 Å². The highest BCUT2D eigenvalue weighted by Crippen LogP contribution is 2.36. The van der Waals surface area contributed by atoms with Gasteiger partial charge in [-0.3, -0.25) is 0 Å². The van der Waals surface area contributed by atoms with E-state index < -0.39 is 0 Å². The number of ether oxygens (including phenoxy) is 2. The number of nitriles is 1. The van der Waals surface area contributed by atoms with Gasteiger partial charge in [-0.2, -0.15) is 5.26 Å². The number of anilines is 2. The first-order valence-electron chi connectivity index (χ1n) is 7.57. The normalized spacial score (nSPS) is 10.3. The van der Waals surface area contributed by atoms with E-state index in [1.165, 1.54) is 11.8 Å². The second-order valence-corrected chi connectivity index (χ2v) is 5.99. The van der Waals surface area contributed by atoms with Crippen molar-refractivity contribution < 1.29 is 9.47 Å². The summed E-state index contributed by atoms with van der Waals surface area (Å²) in [5.41, 5.74) is 2.91. The molecule has 126 valence electrons. The fourth-order valence-electron chi connectivity index (χ4n) is 2.63. The fourth-order valence-corrected chi connectivity index (χ4v) is 3.17. The van der Waals surface area contributed by atoms with E-state index >= 15 is 0 Å². The van der Waals surface area contributed by atoms with E-state index in [4.69, 9.17) is 9.47 Å². The summed E-state index contributed by atoms with van der Waals surface area (Å²) in [5.74, 6) is 1.27. The average Bonchev–Trinajstić information content (AvgIpc) is 2.67. The van der Waals surface area contributed by atoms with Gasteiger partial charge in [0.25, 0.3) is 0 Å². The Hall–Kier alpha value is -2.91. The summed E-state index contributed by atoms with van der Waals surface area (Å²) in [6.07, 6.45) is 1.91. The summed E-state index contributed by atoms with van der Waals surface area (Å²) >= 11 is 1.45. The molecule has 0 saturated heterocycles. The Morgan fingerprint density at radius 3 is 2.52 bits per heavy atom. The van der Waals surface area contributed by atoms with E-state index in [0.29, 0.717) is 22.1 Å². The minimum atomic E-state index is 0.529. The van der Waals surface area contributed by atoms with Crippen LogP contribution in [0.5, 0.6) is 11.5 Å². The minimum absolute atomic E-state index is 0.529. The van der Waals surface area contributed by atoms with E-state index in [2.05, 4.69) is 16.4 Å². The first kappa shape index (κ1) is 16.9. The molecule has 6 heteroatoms. The Balaban J connectivity index is 2.17. The van der Waals surface area contributed by atoms with Crippen LogP contribution < -0.4 is 14.8 Å². The molecule has 0 aliphatic carbocycles. The smallest absolute Gasteiger partial charge is 0.162 e. The predicted octanol–water partition coefficient (Wildman–Crippen LogP) is 4.59. The molecule has 0 spiro atoms. The number of methoxy groups -OCH3 is 2. The Labute approximate surface area is 150 Å². The third-order valence-electron chi connectivity index (χ3n) is 3.82. The lowest BCUT2D eigenvalue weighted by atomic mass is 10.1. The molecule has 0 aliphatic rings. The molecule has 0 aliphatic heterocycles. The summed E-state index contributed by atoms with van der Waals surface area (Å²) in [6, 6.07) is 15.6. The lowest BCUT2D eigenvalue weighted by molar-refractivity contribution is 0.355. The Morgan fingerprint density at radius 2 is 1.84 bits per heavy atom. The molecule has 2 aromatic carbocycles. The van der Waals surface area contributed by atoms with Crippen molar-refractivity contribution in [2.24, 2.45) is 0 Å². The topological polar surface area (TPSA) is 67.2 Å². The molecule has 0 unspecified atom stereocenters. The van der Waals surface area contributed by atoms with Gasteiger partial charge >= 0.3 is 0 Å². The number of nitrogens with one attached hydrogen (secondary N) is 1. The summed E-state index contributed by atoms with van der Waals surface area (Å²) in [6.45, 7) is 0. The number of fused-ring (bicyclic) bond motifs is 1. The van der Waals surface area contributed by atoms with Crippen LogP contribution in [0.1, 0.15) is 5.56 Å². The van der Waals surface area contributed by atoms with Gasteiger partial charge in [0.2, 0.25) is 0 Å². The molecule has 3 aromatic rings. The molecule has 0 bridgehead atoms. The number of para-hydroxylation sites is 1. The fraction of sp³-hybridized carbons (Fsp3) is 0.158. The number of hydrogen-bond donors (Lipinski definition) is 1. The van der Waals surface area contributed by atoms with Gasteiger partial charge in [0, 0.05) is 17.1 Å². The number of hydrogen-bond acceptors (Lipinski definition) is 6. The number of thioether (sulfide) groups is 1. The molecule has 0 saturated carbocycles. The molecular weight excluding hydrogens is 334 g/mol. The molecule has 1 heterocycles. The van der Waals surface area contributed by atoms with Gasteiger partial charge in [0.1, 0.15) is 16.7 Å². The molecule has 0 fully saturated rings. The third kappa shape index (κ3) is 3.19. The molecule has 1 aromatic heterocycles. The summed E-state index contributed by atoms with van der Waals surface area (Å²) in [4.78, 5) is 4.58. The van der Waals surface area contributed by atoms with E-state index in [9.17, 15) is 5.26 Å². The van der Waals surface area contributed by atoms with Gasteiger partial charge in [0.15, 0.2) is 11.5 Å². The number of rotatable bonds is 5. The van der Waals surface area contributed by atoms with Crippen LogP contribution in [0.15, 0.2) is 47.5 Å². The summed E-state index contributed by atoms with van der Waals surface area (Å²) < 4.78 is 10.6. The van der Waals surface area contributed by atoms with Crippen molar-refractivity contribution in [2.75, 3.05) is 25.8 Å². The molecule has 5 nitrogen and oxygen atoms in total. The van der Waals surface area contributed by atoms with E-state index in [1.54, 1.807) is 14.2 Å². The number of aromatic nitrogens is 1. The molecule has 1 N–H and O–H groups in total. The first-order chi connectivity index (χ1) is 12.2. The zero-order valence-corrected chi connectivity index (χ0v) is 15.0. The molecule has 0 atom stereocenters. The summed E-state index contributed by atoms with van der Waals surface area (Å²) in [7, 11) is 3.19. The van der Waals surface area contributed by atoms with Crippen molar-refractivity contribution in [1.82, 2.24) is 4.98 Å². The zero-order chi connectivity index (χ0) is 17.8. The lowest BCUT2D eigenvalue weighted by Gasteiger charge is -2.15. The van der Waals surface area contributed by atoms with Crippen LogP contribution in [0.3, 0.4) is 0 Å². The maximum Gasteiger partial charge on any atom is 0.162 e. The van der Waals surface area contributed by atoms with Gasteiger partial charge < -0.3 is 14.8 Å². The number of nitrogens with zero attached hydrogens (tertiary/aromatic N) is 2. The van der Waals surface area contributed by atoms with E-state index in [-0.39, 0.29) is 0 Å². The number of pyridine rings is 1. The standard InChI is InChI=1S/C19H17N3O2S/c1-23-16-9-8-12(10-17(16)24-2)21-18-13-6-4-5-7-15(13)22-19(25-3)14(18)11-20/h4-10H,1-3H3,(H,21,22). The average molecular weight is 351 g/mol. The van der Waals surface area contributed by atoms with Crippen LogP contribution in [0.25, 0.3) is 10.9 Å². The molecule has 0 amide bonds. The quantitative estimate of drug-likeness (QED) is 0.678. The largest absolute Gasteiger partial charge is 0.493 e. The monoisotopic (exact) mass is 351 g/mol. The molecule has 0 radical (unpaired) electrons. The minimum Gasteiger partial charge on any atom is -0.493 e. The van der Waals surface area contributed by atoms with E-state index in [1.807, 2.05) is 48.7 Å².